The average molecular weight is 319 g/mol. The number of aromatic nitrogens is 1. The Kier molecular flexibility index (Phi) is 5.77. The van der Waals surface area contributed by atoms with Gasteiger partial charge in [-0.1, -0.05) is 24.3 Å². The molecule has 2 nitrogen and oxygen atoms in total. The molecule has 0 N–H and O–H groups in total. The molecule has 0 fully saturated rings. The molecule has 0 saturated carbocycles. The topological polar surface area (TPSA) is 7.12 Å². The lowest BCUT2D eigenvalue weighted by molar-refractivity contribution is -0.671. The molecule has 1 heterocycles. The molecule has 0 aliphatic rings. The molecule has 0 aliphatic heterocycles. The minimum Gasteiger partial charge on any atom is -1.00 e. The molecule has 0 amide bonds. The van der Waals surface area contributed by atoms with Crippen molar-refractivity contribution >= 4 is 17.8 Å². The zero-order valence-corrected chi connectivity index (χ0v) is 13.1. The highest BCUT2D eigenvalue weighted by Gasteiger charge is 1.94. The molecule has 0 radical (unpaired) electrons. The van der Waals surface area contributed by atoms with Gasteiger partial charge in [-0.25, -0.2) is 4.57 Å². The quantitative estimate of drug-likeness (QED) is 0.708. The molecule has 0 spiro atoms. The number of nitrogens with zero attached hydrogens (tertiary/aromatic N) is 2. The number of hydrogen-bond donors (Lipinski definition) is 0. The van der Waals surface area contributed by atoms with Gasteiger partial charge in [0.15, 0.2) is 12.4 Å². The maximum atomic E-state index is 2.13. The summed E-state index contributed by atoms with van der Waals surface area (Å²) in [5.41, 5.74) is 3.65. The summed E-state index contributed by atoms with van der Waals surface area (Å²) in [7, 11) is 6.12. The maximum Gasteiger partial charge on any atom is 0.169 e. The van der Waals surface area contributed by atoms with E-state index in [1.165, 1.54) is 16.8 Å². The van der Waals surface area contributed by atoms with Crippen molar-refractivity contribution in [3.63, 3.8) is 0 Å². The second kappa shape index (κ2) is 7.10. The van der Waals surface area contributed by atoms with E-state index >= 15 is 0 Å². The van der Waals surface area contributed by atoms with Crippen LogP contribution >= 0.6 is 0 Å². The molecule has 0 aliphatic carbocycles. The van der Waals surface area contributed by atoms with Gasteiger partial charge in [-0.3, -0.25) is 0 Å². The Balaban J connectivity index is 0.00000180. The predicted molar refractivity (Wildman–Crippen MR) is 77.3 cm³/mol. The third-order valence-corrected chi connectivity index (χ3v) is 2.88. The lowest BCUT2D eigenvalue weighted by Crippen LogP contribution is -3.00. The molecule has 0 bridgehead atoms. The lowest BCUT2D eigenvalue weighted by Gasteiger charge is -2.11. The van der Waals surface area contributed by atoms with Crippen LogP contribution in [-0.2, 0) is 7.05 Å². The van der Waals surface area contributed by atoms with Crippen LogP contribution in [-0.4, -0.2) is 14.1 Å². The molecule has 1 aromatic carbocycles. The average Bonchev–Trinajstić information content (AvgIpc) is 2.38. The van der Waals surface area contributed by atoms with Gasteiger partial charge in [0.05, 0.1) is 0 Å². The van der Waals surface area contributed by atoms with E-state index in [4.69, 9.17) is 0 Å². The van der Waals surface area contributed by atoms with Gasteiger partial charge in [-0.2, -0.15) is 0 Å². The van der Waals surface area contributed by atoms with Crippen molar-refractivity contribution in [1.82, 2.24) is 0 Å². The number of hydrogen-bond acceptors (Lipinski definition) is 1. The molecule has 2 rings (SSSR count). The van der Waals surface area contributed by atoms with Gasteiger partial charge in [-0.15, -0.1) is 0 Å². The minimum absolute atomic E-state index is 0. The third kappa shape index (κ3) is 4.52. The zero-order valence-electron chi connectivity index (χ0n) is 11.5. The van der Waals surface area contributed by atoms with Gasteiger partial charge < -0.3 is 21.9 Å². The Morgan fingerprint density at radius 1 is 0.842 bits per heavy atom. The van der Waals surface area contributed by atoms with E-state index in [9.17, 15) is 0 Å². The van der Waals surface area contributed by atoms with E-state index in [0.717, 1.165) is 0 Å². The summed E-state index contributed by atoms with van der Waals surface area (Å²) >= 11 is 0. The van der Waals surface area contributed by atoms with Gasteiger partial charge in [0.25, 0.3) is 0 Å². The van der Waals surface area contributed by atoms with Crippen LogP contribution in [0.15, 0.2) is 48.8 Å². The number of benzene rings is 1. The summed E-state index contributed by atoms with van der Waals surface area (Å²) in [6.07, 6.45) is 8.36. The van der Waals surface area contributed by atoms with Crippen LogP contribution < -0.4 is 26.4 Å². The van der Waals surface area contributed by atoms with Crippen molar-refractivity contribution in [3.8, 4) is 0 Å². The number of pyridine rings is 1. The van der Waals surface area contributed by atoms with Crippen molar-refractivity contribution < 1.29 is 21.5 Å². The molecule has 2 aromatic rings. The monoisotopic (exact) mass is 318 g/mol. The molecule has 0 unspecified atom stereocenters. The highest BCUT2D eigenvalue weighted by Crippen LogP contribution is 2.14. The second-order valence-electron chi connectivity index (χ2n) is 4.62. The summed E-state index contributed by atoms with van der Waals surface area (Å²) in [5, 5.41) is 0. The SMILES string of the molecule is CN(C)c1ccc(C=Cc2cc[n+](C)cc2)cc1.[Br-]. The van der Waals surface area contributed by atoms with Gasteiger partial charge in [0.2, 0.25) is 0 Å². The molecule has 0 atom stereocenters. The fourth-order valence-corrected chi connectivity index (χ4v) is 1.70. The van der Waals surface area contributed by atoms with Crippen LogP contribution in [0.5, 0.6) is 0 Å². The van der Waals surface area contributed by atoms with E-state index in [1.54, 1.807) is 0 Å². The Bertz CT molecular complexity index is 528. The number of rotatable bonds is 3. The van der Waals surface area contributed by atoms with E-state index in [1.807, 2.05) is 11.6 Å². The molecular weight excluding hydrogens is 300 g/mol. The molecule has 19 heavy (non-hydrogen) atoms. The highest BCUT2D eigenvalue weighted by atomic mass is 79.9. The third-order valence-electron chi connectivity index (χ3n) is 2.88. The predicted octanol–water partition coefficient (Wildman–Crippen LogP) is -0.248. The number of aryl methyl sites for hydroxylation is 1. The Morgan fingerprint density at radius 2 is 1.32 bits per heavy atom. The normalized spacial score (nSPS) is 10.3. The summed E-state index contributed by atoms with van der Waals surface area (Å²) in [5.74, 6) is 0. The van der Waals surface area contributed by atoms with Crippen molar-refractivity contribution in [2.45, 2.75) is 0 Å². The van der Waals surface area contributed by atoms with Crippen molar-refractivity contribution in [3.05, 3.63) is 59.9 Å². The van der Waals surface area contributed by atoms with Crippen LogP contribution in [0.25, 0.3) is 12.2 Å². The molecule has 100 valence electrons. The molecular formula is C16H19BrN2. The smallest absolute Gasteiger partial charge is 0.169 e. The lowest BCUT2D eigenvalue weighted by atomic mass is 10.1. The van der Waals surface area contributed by atoms with Gasteiger partial charge in [0, 0.05) is 31.9 Å². The number of halogens is 1. The van der Waals surface area contributed by atoms with Crippen LogP contribution in [0.3, 0.4) is 0 Å². The van der Waals surface area contributed by atoms with E-state index in [-0.39, 0.29) is 17.0 Å². The van der Waals surface area contributed by atoms with Crippen molar-refractivity contribution in [2.75, 3.05) is 19.0 Å². The van der Waals surface area contributed by atoms with E-state index < -0.39 is 0 Å². The first kappa shape index (κ1) is 15.4. The Morgan fingerprint density at radius 3 is 1.79 bits per heavy atom. The van der Waals surface area contributed by atoms with Crippen molar-refractivity contribution in [2.24, 2.45) is 7.05 Å². The fraction of sp³-hybridized carbons (Fsp3) is 0.188. The van der Waals surface area contributed by atoms with Gasteiger partial charge >= 0.3 is 0 Å². The summed E-state index contributed by atoms with van der Waals surface area (Å²) in [6, 6.07) is 12.7. The highest BCUT2D eigenvalue weighted by molar-refractivity contribution is 5.70. The largest absolute Gasteiger partial charge is 1.00 e. The van der Waals surface area contributed by atoms with Gasteiger partial charge in [0.1, 0.15) is 7.05 Å². The zero-order chi connectivity index (χ0) is 13.0. The second-order valence-corrected chi connectivity index (χ2v) is 4.62. The van der Waals surface area contributed by atoms with E-state index in [0.29, 0.717) is 0 Å². The Hall–Kier alpha value is -1.61. The summed E-state index contributed by atoms with van der Waals surface area (Å²) < 4.78 is 2.03. The summed E-state index contributed by atoms with van der Waals surface area (Å²) in [4.78, 5) is 2.10. The van der Waals surface area contributed by atoms with Gasteiger partial charge in [-0.05, 0) is 23.3 Å². The molecule has 0 saturated heterocycles. The summed E-state index contributed by atoms with van der Waals surface area (Å²) in [6.45, 7) is 0. The first-order valence-electron chi connectivity index (χ1n) is 6.06. The van der Waals surface area contributed by atoms with Crippen LogP contribution in [0.1, 0.15) is 11.1 Å². The Labute approximate surface area is 125 Å². The first-order valence-corrected chi connectivity index (χ1v) is 6.06. The van der Waals surface area contributed by atoms with Crippen LogP contribution in [0.4, 0.5) is 5.69 Å². The van der Waals surface area contributed by atoms with Crippen LogP contribution in [0, 0.1) is 0 Å². The van der Waals surface area contributed by atoms with E-state index in [2.05, 4.69) is 79.9 Å². The molecule has 3 heteroatoms. The first-order chi connectivity index (χ1) is 8.65. The maximum absolute atomic E-state index is 2.13. The standard InChI is InChI=1S/C16H19N2.BrH/c1-17(2)16-8-6-14(7-9-16)4-5-15-10-12-18(3)13-11-15;/h4-13H,1-3H3;1H/q+1;/p-1. The van der Waals surface area contributed by atoms with Crippen LogP contribution in [0.2, 0.25) is 0 Å². The fourth-order valence-electron chi connectivity index (χ4n) is 1.70. The molecule has 1 aromatic heterocycles. The number of anilines is 1. The minimum atomic E-state index is 0. The van der Waals surface area contributed by atoms with Crippen molar-refractivity contribution in [1.29, 1.82) is 0 Å².